The maximum atomic E-state index is 13.2. The predicted octanol–water partition coefficient (Wildman–Crippen LogP) is 4.09. The summed E-state index contributed by atoms with van der Waals surface area (Å²) in [5.74, 6) is 1.36. The van der Waals surface area contributed by atoms with Crippen molar-refractivity contribution in [1.82, 2.24) is 4.90 Å². The topological polar surface area (TPSA) is 103 Å². The molecule has 7 heteroatoms. The van der Waals surface area contributed by atoms with Crippen LogP contribution in [0.1, 0.15) is 60.5 Å². The number of nitro groups is 1. The molecule has 1 fully saturated rings. The van der Waals surface area contributed by atoms with Crippen LogP contribution in [-0.4, -0.2) is 22.3 Å². The van der Waals surface area contributed by atoms with Gasteiger partial charge in [0.15, 0.2) is 0 Å². The Hall–Kier alpha value is -2.83. The van der Waals surface area contributed by atoms with Crippen LogP contribution in [0.4, 0.5) is 11.4 Å². The molecule has 1 atom stereocenters. The number of furan rings is 1. The average molecular weight is 357 g/mol. The van der Waals surface area contributed by atoms with E-state index in [9.17, 15) is 14.9 Å². The molecule has 0 spiro atoms. The summed E-state index contributed by atoms with van der Waals surface area (Å²) in [6.07, 6.45) is 4.52. The Labute approximate surface area is 151 Å². The van der Waals surface area contributed by atoms with Crippen LogP contribution >= 0.6 is 0 Å². The lowest BCUT2D eigenvalue weighted by Gasteiger charge is -2.29. The summed E-state index contributed by atoms with van der Waals surface area (Å²) >= 11 is 0. The second kappa shape index (κ2) is 7.59. The second-order valence-electron chi connectivity index (χ2n) is 6.55. The van der Waals surface area contributed by atoms with Crippen LogP contribution in [0.15, 0.2) is 34.7 Å². The molecule has 2 heterocycles. The molecule has 3 rings (SSSR count). The maximum absolute atomic E-state index is 13.2. The lowest BCUT2D eigenvalue weighted by Crippen LogP contribution is -2.35. The summed E-state index contributed by atoms with van der Waals surface area (Å²) in [6.45, 7) is 2.59. The van der Waals surface area contributed by atoms with Gasteiger partial charge in [-0.1, -0.05) is 19.8 Å². The van der Waals surface area contributed by atoms with Gasteiger partial charge in [0.25, 0.3) is 11.6 Å². The molecule has 2 aromatic rings. The van der Waals surface area contributed by atoms with E-state index in [1.54, 1.807) is 4.90 Å². The van der Waals surface area contributed by atoms with Gasteiger partial charge >= 0.3 is 0 Å². The molecule has 0 bridgehead atoms. The first-order chi connectivity index (χ1) is 12.5. The number of nitrogens with two attached hydrogens (primary N) is 1. The Morgan fingerprint density at radius 3 is 2.81 bits per heavy atom. The number of non-ortho nitro benzene ring substituents is 1. The van der Waals surface area contributed by atoms with Crippen LogP contribution in [0.2, 0.25) is 0 Å². The number of hydrogen-bond donors (Lipinski definition) is 1. The highest BCUT2D eigenvalue weighted by atomic mass is 16.6. The van der Waals surface area contributed by atoms with E-state index in [0.29, 0.717) is 6.54 Å². The van der Waals surface area contributed by atoms with E-state index < -0.39 is 4.92 Å². The molecular weight excluding hydrogens is 334 g/mol. The largest absolute Gasteiger partial charge is 0.464 e. The zero-order valence-electron chi connectivity index (χ0n) is 14.8. The van der Waals surface area contributed by atoms with Crippen molar-refractivity contribution in [2.75, 3.05) is 12.3 Å². The van der Waals surface area contributed by atoms with Crippen LogP contribution in [-0.2, 0) is 6.42 Å². The van der Waals surface area contributed by atoms with Gasteiger partial charge in [-0.2, -0.15) is 0 Å². The predicted molar refractivity (Wildman–Crippen MR) is 97.8 cm³/mol. The third-order valence-corrected chi connectivity index (χ3v) is 4.85. The highest BCUT2D eigenvalue weighted by Crippen LogP contribution is 2.34. The molecule has 0 unspecified atom stereocenters. The van der Waals surface area contributed by atoms with E-state index >= 15 is 0 Å². The summed E-state index contributed by atoms with van der Waals surface area (Å²) in [7, 11) is 0. The third kappa shape index (κ3) is 3.56. The van der Waals surface area contributed by atoms with Gasteiger partial charge in [-0.25, -0.2) is 0 Å². The fraction of sp³-hybridized carbons (Fsp3) is 0.421. The standard InChI is InChI=1S/C19H23N3O4/c1-2-14-8-10-18(26-14)17-6-4-3-5-11-21(17)19(23)15-12-13(22(24)25)7-9-16(15)20/h7-10,12,17H,2-6,11,20H2,1H3/t17-/m0/s1. The SMILES string of the molecule is CCc1ccc([C@@H]2CCCCCN2C(=O)c2cc([N+](=O)[O-])ccc2N)o1. The molecule has 0 saturated carbocycles. The van der Waals surface area contributed by atoms with Gasteiger partial charge < -0.3 is 15.1 Å². The van der Waals surface area contributed by atoms with Gasteiger partial charge in [-0.15, -0.1) is 0 Å². The van der Waals surface area contributed by atoms with E-state index in [1.807, 2.05) is 19.1 Å². The third-order valence-electron chi connectivity index (χ3n) is 4.85. The van der Waals surface area contributed by atoms with Gasteiger partial charge in [0.05, 0.1) is 16.5 Å². The number of anilines is 1. The zero-order valence-corrected chi connectivity index (χ0v) is 14.8. The van der Waals surface area contributed by atoms with Gasteiger partial charge in [0.1, 0.15) is 11.5 Å². The van der Waals surface area contributed by atoms with E-state index in [-0.39, 0.29) is 28.9 Å². The summed E-state index contributed by atoms with van der Waals surface area (Å²) in [6, 6.07) is 7.67. The highest BCUT2D eigenvalue weighted by molar-refractivity contribution is 6.00. The zero-order chi connectivity index (χ0) is 18.7. The number of carbonyl (C=O) groups excluding carboxylic acids is 1. The molecule has 1 aromatic heterocycles. The minimum Gasteiger partial charge on any atom is -0.464 e. The molecule has 1 aromatic carbocycles. The van der Waals surface area contributed by atoms with Crippen molar-refractivity contribution in [2.24, 2.45) is 0 Å². The summed E-state index contributed by atoms with van der Waals surface area (Å²) in [4.78, 5) is 25.5. The Balaban J connectivity index is 1.96. The number of hydrogen-bond acceptors (Lipinski definition) is 5. The lowest BCUT2D eigenvalue weighted by atomic mass is 10.1. The van der Waals surface area contributed by atoms with Crippen molar-refractivity contribution in [3.8, 4) is 0 Å². The van der Waals surface area contributed by atoms with Crippen molar-refractivity contribution in [3.05, 3.63) is 57.5 Å². The van der Waals surface area contributed by atoms with Gasteiger partial charge in [-0.05, 0) is 31.0 Å². The van der Waals surface area contributed by atoms with Crippen LogP contribution in [0.3, 0.4) is 0 Å². The number of benzene rings is 1. The first-order valence-electron chi connectivity index (χ1n) is 8.94. The van der Waals surface area contributed by atoms with Crippen LogP contribution in [0.5, 0.6) is 0 Å². The van der Waals surface area contributed by atoms with Crippen molar-refractivity contribution in [1.29, 1.82) is 0 Å². The van der Waals surface area contributed by atoms with Crippen molar-refractivity contribution < 1.29 is 14.1 Å². The number of carbonyl (C=O) groups is 1. The van der Waals surface area contributed by atoms with Crippen LogP contribution in [0, 0.1) is 10.1 Å². The molecule has 0 aliphatic carbocycles. The highest BCUT2D eigenvalue weighted by Gasteiger charge is 2.31. The van der Waals surface area contributed by atoms with Crippen molar-refractivity contribution in [2.45, 2.75) is 45.1 Å². The number of rotatable bonds is 4. The molecule has 1 amide bonds. The minimum absolute atomic E-state index is 0.139. The average Bonchev–Trinajstić information content (AvgIpc) is 2.98. The van der Waals surface area contributed by atoms with E-state index in [2.05, 4.69) is 0 Å². The fourth-order valence-electron chi connectivity index (χ4n) is 3.41. The summed E-state index contributed by atoms with van der Waals surface area (Å²) in [5.41, 5.74) is 6.24. The summed E-state index contributed by atoms with van der Waals surface area (Å²) < 4.78 is 5.90. The molecule has 138 valence electrons. The van der Waals surface area contributed by atoms with Crippen molar-refractivity contribution >= 4 is 17.3 Å². The molecule has 1 aliphatic heterocycles. The van der Waals surface area contributed by atoms with E-state index in [4.69, 9.17) is 10.2 Å². The number of aryl methyl sites for hydroxylation is 1. The lowest BCUT2D eigenvalue weighted by molar-refractivity contribution is -0.384. The maximum Gasteiger partial charge on any atom is 0.270 e. The minimum atomic E-state index is -0.518. The normalized spacial score (nSPS) is 17.7. The van der Waals surface area contributed by atoms with E-state index in [0.717, 1.165) is 43.6 Å². The van der Waals surface area contributed by atoms with Gasteiger partial charge in [0, 0.05) is 30.8 Å². The Morgan fingerprint density at radius 1 is 1.31 bits per heavy atom. The van der Waals surface area contributed by atoms with E-state index in [1.165, 1.54) is 18.2 Å². The molecule has 2 N–H and O–H groups in total. The molecule has 1 saturated heterocycles. The quantitative estimate of drug-likeness (QED) is 0.504. The fourth-order valence-corrected chi connectivity index (χ4v) is 3.41. The summed E-state index contributed by atoms with van der Waals surface area (Å²) in [5, 5.41) is 11.1. The van der Waals surface area contributed by atoms with Crippen LogP contribution in [0.25, 0.3) is 0 Å². The molecule has 7 nitrogen and oxygen atoms in total. The van der Waals surface area contributed by atoms with Gasteiger partial charge in [-0.3, -0.25) is 14.9 Å². The first kappa shape index (κ1) is 18.0. The number of amides is 1. The Morgan fingerprint density at radius 2 is 2.12 bits per heavy atom. The smallest absolute Gasteiger partial charge is 0.270 e. The molecule has 1 aliphatic rings. The van der Waals surface area contributed by atoms with Crippen LogP contribution < -0.4 is 5.73 Å². The monoisotopic (exact) mass is 357 g/mol. The van der Waals surface area contributed by atoms with Crippen molar-refractivity contribution in [3.63, 3.8) is 0 Å². The Kier molecular flexibility index (Phi) is 5.25. The molecule has 0 radical (unpaired) electrons. The number of nitro benzene ring substituents is 1. The number of likely N-dealkylation sites (tertiary alicyclic amines) is 1. The number of nitrogens with zero attached hydrogens (tertiary/aromatic N) is 2. The Bertz CT molecular complexity index is 815. The number of nitrogen functional groups attached to an aromatic ring is 1. The first-order valence-corrected chi connectivity index (χ1v) is 8.94. The van der Waals surface area contributed by atoms with Gasteiger partial charge in [0.2, 0.25) is 0 Å². The second-order valence-corrected chi connectivity index (χ2v) is 6.55. The molecular formula is C19H23N3O4. The molecule has 26 heavy (non-hydrogen) atoms.